The number of nitro benzene ring substituents is 1. The molecule has 3 atom stereocenters. The highest BCUT2D eigenvalue weighted by molar-refractivity contribution is 5.99. The van der Waals surface area contributed by atoms with E-state index in [1.165, 1.54) is 55.2 Å². The van der Waals surface area contributed by atoms with E-state index in [2.05, 4.69) is 0 Å². The number of nitro groups is 1. The van der Waals surface area contributed by atoms with Crippen LogP contribution in [-0.2, 0) is 30.5 Å². The lowest BCUT2D eigenvalue weighted by atomic mass is 9.81. The van der Waals surface area contributed by atoms with E-state index in [9.17, 15) is 29.6 Å². The van der Waals surface area contributed by atoms with Crippen LogP contribution in [0.1, 0.15) is 25.8 Å². The van der Waals surface area contributed by atoms with Crippen molar-refractivity contribution in [3.8, 4) is 0 Å². The van der Waals surface area contributed by atoms with E-state index in [-0.39, 0.29) is 30.2 Å². The molecule has 0 aliphatic carbocycles. The molecule has 2 heterocycles. The predicted octanol–water partition coefficient (Wildman–Crippen LogP) is 1.58. The first-order valence-corrected chi connectivity index (χ1v) is 9.20. The molecule has 3 rings (SSSR count). The largest absolute Gasteiger partial charge is 0.456 e. The second-order valence-corrected chi connectivity index (χ2v) is 7.02. The molecular formula is C20H20N2O8. The average Bonchev–Trinajstić information content (AvgIpc) is 2.82. The topological polar surface area (TPSA) is 136 Å². The van der Waals surface area contributed by atoms with Crippen molar-refractivity contribution < 1.29 is 33.9 Å². The summed E-state index contributed by atoms with van der Waals surface area (Å²) in [4.78, 5) is 47.9. The van der Waals surface area contributed by atoms with Crippen molar-refractivity contribution in [2.75, 3.05) is 0 Å². The quantitative estimate of drug-likeness (QED) is 0.319. The van der Waals surface area contributed by atoms with Crippen LogP contribution in [0.15, 0.2) is 47.9 Å². The molecule has 1 aromatic rings. The zero-order valence-electron chi connectivity index (χ0n) is 16.3. The maximum absolute atomic E-state index is 12.6. The standard InChI is InChI=1S/C20H20N2O8/c1-11(23)18-17-9-15(30-12(2)24)7-8-16(21(17)19(18)25)20(26)29-10-13-3-5-14(6-4-13)22(27)28/h3-8,11,17-18,23H,9-10H2,1-2H3/t11-,17-,18-/m1/s1. The number of allylic oxidation sites excluding steroid dienone is 2. The summed E-state index contributed by atoms with van der Waals surface area (Å²) in [6.45, 7) is 2.57. The fourth-order valence-corrected chi connectivity index (χ4v) is 3.50. The maximum Gasteiger partial charge on any atom is 0.355 e. The molecule has 0 radical (unpaired) electrons. The molecule has 0 aromatic heterocycles. The third-order valence-corrected chi connectivity index (χ3v) is 4.89. The van der Waals surface area contributed by atoms with Gasteiger partial charge in [-0.05, 0) is 36.8 Å². The molecule has 158 valence electrons. The Kier molecular flexibility index (Phi) is 5.97. The van der Waals surface area contributed by atoms with Gasteiger partial charge in [0, 0.05) is 25.5 Å². The number of hydrogen-bond donors (Lipinski definition) is 1. The molecule has 10 heteroatoms. The summed E-state index contributed by atoms with van der Waals surface area (Å²) in [6, 6.07) is 4.97. The lowest BCUT2D eigenvalue weighted by Gasteiger charge is -2.48. The van der Waals surface area contributed by atoms with E-state index in [1.807, 2.05) is 0 Å². The van der Waals surface area contributed by atoms with Crippen LogP contribution in [0.25, 0.3) is 0 Å². The molecular weight excluding hydrogens is 396 g/mol. The third-order valence-electron chi connectivity index (χ3n) is 4.89. The van der Waals surface area contributed by atoms with E-state index < -0.39 is 40.8 Å². The number of carbonyl (C=O) groups excluding carboxylic acids is 3. The zero-order chi connectivity index (χ0) is 22.0. The SMILES string of the molecule is CC(=O)OC1=CC=C(C(=O)OCc2ccc([N+](=O)[O-])cc2)N2C(=O)[C@H]([C@@H](C)O)[C@H]2C1. The summed E-state index contributed by atoms with van der Waals surface area (Å²) in [6.07, 6.45) is 1.99. The number of carbonyl (C=O) groups is 3. The van der Waals surface area contributed by atoms with Crippen molar-refractivity contribution in [3.05, 3.63) is 63.6 Å². The summed E-state index contributed by atoms with van der Waals surface area (Å²) < 4.78 is 10.4. The van der Waals surface area contributed by atoms with Crippen molar-refractivity contribution in [2.24, 2.45) is 5.92 Å². The van der Waals surface area contributed by atoms with Gasteiger partial charge < -0.3 is 19.5 Å². The molecule has 10 nitrogen and oxygen atoms in total. The minimum absolute atomic E-state index is 0.0361. The van der Waals surface area contributed by atoms with Crippen molar-refractivity contribution in [3.63, 3.8) is 0 Å². The lowest BCUT2D eigenvalue weighted by Crippen LogP contribution is -2.64. The Morgan fingerprint density at radius 3 is 2.53 bits per heavy atom. The van der Waals surface area contributed by atoms with E-state index in [4.69, 9.17) is 9.47 Å². The molecule has 30 heavy (non-hydrogen) atoms. The second-order valence-electron chi connectivity index (χ2n) is 7.02. The maximum atomic E-state index is 12.6. The van der Waals surface area contributed by atoms with Gasteiger partial charge in [0.2, 0.25) is 5.91 Å². The third kappa shape index (κ3) is 4.23. The number of β-lactam (4-membered cyclic amide) rings is 1. The molecule has 1 N–H and O–H groups in total. The summed E-state index contributed by atoms with van der Waals surface area (Å²) in [5.74, 6) is -2.20. The molecule has 0 bridgehead atoms. The molecule has 2 aliphatic rings. The Labute approximate surface area is 171 Å². The second kappa shape index (κ2) is 8.46. The van der Waals surface area contributed by atoms with Crippen molar-refractivity contribution in [2.45, 2.75) is 39.0 Å². The minimum Gasteiger partial charge on any atom is -0.456 e. The monoisotopic (exact) mass is 416 g/mol. The summed E-state index contributed by atoms with van der Waals surface area (Å²) in [5, 5.41) is 20.6. The number of benzene rings is 1. The highest BCUT2D eigenvalue weighted by atomic mass is 16.6. The molecule has 1 aromatic carbocycles. The number of rotatable bonds is 6. The van der Waals surface area contributed by atoms with Gasteiger partial charge in [0.05, 0.1) is 23.0 Å². The molecule has 0 unspecified atom stereocenters. The Morgan fingerprint density at radius 2 is 1.97 bits per heavy atom. The van der Waals surface area contributed by atoms with Crippen LogP contribution in [0.5, 0.6) is 0 Å². The Hall–Kier alpha value is -3.53. The van der Waals surface area contributed by atoms with E-state index in [0.29, 0.717) is 5.56 Å². The summed E-state index contributed by atoms with van der Waals surface area (Å²) >= 11 is 0. The fourth-order valence-electron chi connectivity index (χ4n) is 3.50. The first kappa shape index (κ1) is 21.2. The first-order valence-electron chi connectivity index (χ1n) is 9.20. The number of aliphatic hydroxyl groups excluding tert-OH is 1. The molecule has 0 spiro atoms. The number of ether oxygens (including phenoxy) is 2. The van der Waals surface area contributed by atoms with E-state index in [0.717, 1.165) is 0 Å². The van der Waals surface area contributed by atoms with Crippen molar-refractivity contribution in [1.82, 2.24) is 4.90 Å². The van der Waals surface area contributed by atoms with Crippen LogP contribution in [0.4, 0.5) is 5.69 Å². The van der Waals surface area contributed by atoms with Gasteiger partial charge in [-0.25, -0.2) is 4.79 Å². The molecule has 1 amide bonds. The first-order chi connectivity index (χ1) is 14.2. The van der Waals surface area contributed by atoms with Gasteiger partial charge in [-0.3, -0.25) is 19.7 Å². The Morgan fingerprint density at radius 1 is 1.30 bits per heavy atom. The van der Waals surface area contributed by atoms with Gasteiger partial charge in [-0.2, -0.15) is 0 Å². The fraction of sp³-hybridized carbons (Fsp3) is 0.350. The van der Waals surface area contributed by atoms with Crippen LogP contribution >= 0.6 is 0 Å². The van der Waals surface area contributed by atoms with Crippen LogP contribution < -0.4 is 0 Å². The molecule has 1 saturated heterocycles. The van der Waals surface area contributed by atoms with Gasteiger partial charge in [0.1, 0.15) is 18.1 Å². The van der Waals surface area contributed by atoms with Crippen molar-refractivity contribution >= 4 is 23.5 Å². The van der Waals surface area contributed by atoms with Crippen molar-refractivity contribution in [1.29, 1.82) is 0 Å². The van der Waals surface area contributed by atoms with Crippen LogP contribution in [0.2, 0.25) is 0 Å². The summed E-state index contributed by atoms with van der Waals surface area (Å²) in [7, 11) is 0. The number of nitrogens with zero attached hydrogens (tertiary/aromatic N) is 2. The Bertz CT molecular complexity index is 948. The normalized spacial score (nSPS) is 21.3. The van der Waals surface area contributed by atoms with E-state index >= 15 is 0 Å². The van der Waals surface area contributed by atoms with Crippen LogP contribution in [0, 0.1) is 16.0 Å². The summed E-state index contributed by atoms with van der Waals surface area (Å²) in [5.41, 5.74) is 0.413. The van der Waals surface area contributed by atoms with Gasteiger partial charge in [0.25, 0.3) is 5.69 Å². The van der Waals surface area contributed by atoms with E-state index in [1.54, 1.807) is 0 Å². The van der Waals surface area contributed by atoms with Gasteiger partial charge >= 0.3 is 11.9 Å². The van der Waals surface area contributed by atoms with Crippen LogP contribution in [-0.4, -0.2) is 44.9 Å². The molecule has 2 aliphatic heterocycles. The smallest absolute Gasteiger partial charge is 0.355 e. The highest BCUT2D eigenvalue weighted by Crippen LogP contribution is 2.39. The van der Waals surface area contributed by atoms with Gasteiger partial charge in [0.15, 0.2) is 0 Å². The number of amides is 1. The number of esters is 2. The number of hydrogen-bond acceptors (Lipinski definition) is 8. The number of aliphatic hydroxyl groups is 1. The average molecular weight is 416 g/mol. The highest BCUT2D eigenvalue weighted by Gasteiger charge is 2.53. The van der Waals surface area contributed by atoms with Gasteiger partial charge in [-0.1, -0.05) is 0 Å². The molecule has 0 saturated carbocycles. The minimum atomic E-state index is -0.937. The number of fused-ring (bicyclic) bond motifs is 1. The lowest BCUT2D eigenvalue weighted by molar-refractivity contribution is -0.384. The Balaban J connectivity index is 1.77. The molecule has 1 fully saturated rings. The number of non-ortho nitro benzene ring substituents is 1. The van der Waals surface area contributed by atoms with Gasteiger partial charge in [-0.15, -0.1) is 0 Å². The zero-order valence-corrected chi connectivity index (χ0v) is 16.3. The predicted molar refractivity (Wildman–Crippen MR) is 101 cm³/mol. The van der Waals surface area contributed by atoms with Crippen LogP contribution in [0.3, 0.4) is 0 Å².